The number of likely N-dealkylation sites (tertiary alicyclic amines) is 2. The predicted molar refractivity (Wildman–Crippen MR) is 74.2 cm³/mol. The van der Waals surface area contributed by atoms with Gasteiger partial charge in [0.05, 0.1) is 0 Å². The van der Waals surface area contributed by atoms with E-state index in [4.69, 9.17) is 0 Å². The van der Waals surface area contributed by atoms with Gasteiger partial charge >= 0.3 is 0 Å². The van der Waals surface area contributed by atoms with E-state index in [0.717, 1.165) is 12.1 Å². The lowest BCUT2D eigenvalue weighted by Gasteiger charge is -2.31. The first-order valence-electron chi connectivity index (χ1n) is 6.41. The zero-order chi connectivity index (χ0) is 11.8. The average Bonchev–Trinajstić information content (AvgIpc) is 2.85. The van der Waals surface area contributed by atoms with Crippen LogP contribution < -0.4 is 0 Å². The summed E-state index contributed by atoms with van der Waals surface area (Å²) in [6.45, 7) is 3.75. The number of hydrogen-bond donors (Lipinski definition) is 0. The minimum atomic E-state index is 0.817. The summed E-state index contributed by atoms with van der Waals surface area (Å²) in [6.07, 6.45) is 2.56. The number of halogens is 1. The van der Waals surface area contributed by atoms with Crippen molar-refractivity contribution in [1.29, 1.82) is 0 Å². The minimum absolute atomic E-state index is 0.817. The fourth-order valence-electron chi connectivity index (χ4n) is 3.19. The number of hydrogen-bond acceptors (Lipinski definition) is 2. The van der Waals surface area contributed by atoms with Crippen molar-refractivity contribution in [2.24, 2.45) is 0 Å². The summed E-state index contributed by atoms with van der Waals surface area (Å²) in [5, 5.41) is 0. The zero-order valence-corrected chi connectivity index (χ0v) is 11.9. The Kier molecular flexibility index (Phi) is 3.24. The smallest absolute Gasteiger partial charge is 0.0239 e. The third-order valence-corrected chi connectivity index (χ3v) is 4.70. The number of piperazine rings is 1. The molecule has 3 heteroatoms. The van der Waals surface area contributed by atoms with Crippen LogP contribution in [0.25, 0.3) is 0 Å². The zero-order valence-electron chi connectivity index (χ0n) is 10.3. The normalized spacial score (nSPS) is 29.1. The number of nitrogens with zero attached hydrogens (tertiary/aromatic N) is 2. The highest BCUT2D eigenvalue weighted by Crippen LogP contribution is 2.29. The maximum absolute atomic E-state index is 3.54. The van der Waals surface area contributed by atoms with E-state index < -0.39 is 0 Å². The maximum Gasteiger partial charge on any atom is 0.0239 e. The van der Waals surface area contributed by atoms with E-state index in [9.17, 15) is 0 Å². The summed E-state index contributed by atoms with van der Waals surface area (Å²) in [7, 11) is 2.26. The summed E-state index contributed by atoms with van der Waals surface area (Å²) >= 11 is 3.54. The van der Waals surface area contributed by atoms with Crippen molar-refractivity contribution in [2.75, 3.05) is 26.7 Å². The van der Waals surface area contributed by atoms with Gasteiger partial charge < -0.3 is 4.90 Å². The molecule has 0 saturated carbocycles. The summed E-state index contributed by atoms with van der Waals surface area (Å²) in [5.41, 5.74) is 1.44. The molecular weight excluding hydrogens is 276 g/mol. The van der Waals surface area contributed by atoms with E-state index in [-0.39, 0.29) is 0 Å². The SMILES string of the molecule is CN1CC2CC1CN2CCc1cccc(Br)c1. The van der Waals surface area contributed by atoms with Crippen LogP contribution in [-0.4, -0.2) is 48.6 Å². The Morgan fingerprint density at radius 3 is 2.82 bits per heavy atom. The quantitative estimate of drug-likeness (QED) is 0.845. The first kappa shape index (κ1) is 11.7. The number of rotatable bonds is 3. The summed E-state index contributed by atoms with van der Waals surface area (Å²) in [4.78, 5) is 5.19. The first-order chi connectivity index (χ1) is 8.22. The first-order valence-corrected chi connectivity index (χ1v) is 7.20. The minimum Gasteiger partial charge on any atom is -0.301 e. The average molecular weight is 295 g/mol. The second-order valence-corrected chi connectivity index (χ2v) is 6.27. The molecular formula is C14H19BrN2. The van der Waals surface area contributed by atoms with Crippen LogP contribution in [0, 0.1) is 0 Å². The Labute approximate surface area is 112 Å². The molecule has 2 unspecified atom stereocenters. The van der Waals surface area contributed by atoms with E-state index >= 15 is 0 Å². The topological polar surface area (TPSA) is 6.48 Å². The highest BCUT2D eigenvalue weighted by Gasteiger charge is 2.40. The van der Waals surface area contributed by atoms with Crippen LogP contribution in [0.5, 0.6) is 0 Å². The summed E-state index contributed by atoms with van der Waals surface area (Å²) in [6, 6.07) is 10.3. The van der Waals surface area contributed by atoms with E-state index in [1.807, 2.05) is 0 Å². The molecule has 2 saturated heterocycles. The lowest BCUT2D eigenvalue weighted by atomic mass is 10.1. The predicted octanol–water partition coefficient (Wildman–Crippen LogP) is 2.38. The largest absolute Gasteiger partial charge is 0.301 e. The molecule has 0 amide bonds. The summed E-state index contributed by atoms with van der Waals surface area (Å²) < 4.78 is 1.19. The maximum atomic E-state index is 3.54. The molecule has 1 aromatic rings. The van der Waals surface area contributed by atoms with Crippen LogP contribution in [-0.2, 0) is 6.42 Å². The van der Waals surface area contributed by atoms with Gasteiger partial charge in [0.25, 0.3) is 0 Å². The molecule has 0 N–H and O–H groups in total. The van der Waals surface area contributed by atoms with Gasteiger partial charge in [-0.15, -0.1) is 0 Å². The molecule has 2 aliphatic heterocycles. The van der Waals surface area contributed by atoms with Crippen molar-refractivity contribution in [3.05, 3.63) is 34.3 Å². The second kappa shape index (κ2) is 4.71. The highest BCUT2D eigenvalue weighted by atomic mass is 79.9. The molecule has 17 heavy (non-hydrogen) atoms. The third-order valence-electron chi connectivity index (χ3n) is 4.20. The van der Waals surface area contributed by atoms with Gasteiger partial charge in [-0.3, -0.25) is 4.90 Å². The van der Waals surface area contributed by atoms with Crippen molar-refractivity contribution in [1.82, 2.24) is 9.80 Å². The molecule has 2 fully saturated rings. The van der Waals surface area contributed by atoms with Crippen molar-refractivity contribution in [3.8, 4) is 0 Å². The van der Waals surface area contributed by atoms with Gasteiger partial charge in [0.15, 0.2) is 0 Å². The lowest BCUT2D eigenvalue weighted by molar-refractivity contribution is 0.151. The lowest BCUT2D eigenvalue weighted by Crippen LogP contribution is -2.45. The molecule has 3 rings (SSSR count). The van der Waals surface area contributed by atoms with Crippen LogP contribution in [0.1, 0.15) is 12.0 Å². The fourth-order valence-corrected chi connectivity index (χ4v) is 3.63. The van der Waals surface area contributed by atoms with E-state index in [1.54, 1.807) is 0 Å². The van der Waals surface area contributed by atoms with Gasteiger partial charge in [0.2, 0.25) is 0 Å². The number of fused-ring (bicyclic) bond motifs is 2. The van der Waals surface area contributed by atoms with Crippen molar-refractivity contribution >= 4 is 15.9 Å². The van der Waals surface area contributed by atoms with Crippen LogP contribution in [0.4, 0.5) is 0 Å². The van der Waals surface area contributed by atoms with Crippen molar-refractivity contribution in [2.45, 2.75) is 24.9 Å². The molecule has 0 aliphatic carbocycles. The van der Waals surface area contributed by atoms with Gasteiger partial charge in [-0.2, -0.15) is 0 Å². The second-order valence-electron chi connectivity index (χ2n) is 5.36. The van der Waals surface area contributed by atoms with Gasteiger partial charge in [-0.05, 0) is 37.6 Å². The molecule has 2 bridgehead atoms. The van der Waals surface area contributed by atoms with Crippen molar-refractivity contribution < 1.29 is 0 Å². The standard InChI is InChI=1S/C14H19BrN2/c1-16-9-14-8-13(16)10-17(14)6-5-11-3-2-4-12(15)7-11/h2-4,7,13-14H,5-6,8-10H2,1H3. The van der Waals surface area contributed by atoms with Gasteiger partial charge in [-0.1, -0.05) is 28.1 Å². The number of likely N-dealkylation sites (N-methyl/N-ethyl adjacent to an activating group) is 1. The van der Waals surface area contributed by atoms with Gasteiger partial charge in [0.1, 0.15) is 0 Å². The molecule has 1 aromatic carbocycles. The third kappa shape index (κ3) is 2.42. The molecule has 2 heterocycles. The number of benzene rings is 1. The van der Waals surface area contributed by atoms with E-state index in [1.165, 1.54) is 42.5 Å². The monoisotopic (exact) mass is 294 g/mol. The molecule has 0 radical (unpaired) electrons. The van der Waals surface area contributed by atoms with Crippen LogP contribution in [0.15, 0.2) is 28.7 Å². The van der Waals surface area contributed by atoms with Gasteiger partial charge in [-0.25, -0.2) is 0 Å². The highest BCUT2D eigenvalue weighted by molar-refractivity contribution is 9.10. The fraction of sp³-hybridized carbons (Fsp3) is 0.571. The van der Waals surface area contributed by atoms with Crippen LogP contribution in [0.3, 0.4) is 0 Å². The van der Waals surface area contributed by atoms with Crippen LogP contribution in [0.2, 0.25) is 0 Å². The van der Waals surface area contributed by atoms with Crippen molar-refractivity contribution in [3.63, 3.8) is 0 Å². The molecule has 0 spiro atoms. The molecule has 2 aliphatic rings. The van der Waals surface area contributed by atoms with Gasteiger partial charge in [0, 0.05) is 36.2 Å². The van der Waals surface area contributed by atoms with E-state index in [2.05, 4.69) is 57.0 Å². The molecule has 0 aromatic heterocycles. The molecule has 92 valence electrons. The Morgan fingerprint density at radius 2 is 2.18 bits per heavy atom. The Hall–Kier alpha value is -0.380. The van der Waals surface area contributed by atoms with E-state index in [0.29, 0.717) is 0 Å². The Balaban J connectivity index is 1.56. The molecule has 2 nitrogen and oxygen atoms in total. The van der Waals surface area contributed by atoms with Crippen LogP contribution >= 0.6 is 15.9 Å². The summed E-state index contributed by atoms with van der Waals surface area (Å²) in [5.74, 6) is 0. The molecule has 2 atom stereocenters. The Bertz CT molecular complexity index is 405. The Morgan fingerprint density at radius 1 is 1.29 bits per heavy atom.